The number of nitrogens with one attached hydrogen (secondary N) is 2. The van der Waals surface area contributed by atoms with Gasteiger partial charge < -0.3 is 15.4 Å². The molecule has 0 radical (unpaired) electrons. The Bertz CT molecular complexity index is 663. The summed E-state index contributed by atoms with van der Waals surface area (Å²) in [6.45, 7) is 0.412. The molecule has 1 unspecified atom stereocenters. The number of amides is 1. The molecule has 0 fully saturated rings. The van der Waals surface area contributed by atoms with Crippen molar-refractivity contribution in [1.29, 1.82) is 0 Å². The summed E-state index contributed by atoms with van der Waals surface area (Å²) in [4.78, 5) is 12.4. The zero-order valence-electron chi connectivity index (χ0n) is 13.2. The topological polar surface area (TPSA) is 68.2 Å². The number of hydrogen-bond donors (Lipinski definition) is 2. The molecule has 0 saturated carbocycles. The van der Waals surface area contributed by atoms with Crippen molar-refractivity contribution < 1.29 is 9.53 Å². The number of methoxy groups -OCH3 is 1. The average Bonchev–Trinajstić information content (AvgIpc) is 2.93. The van der Waals surface area contributed by atoms with Gasteiger partial charge in [0.05, 0.1) is 13.3 Å². The molecule has 126 valence electrons. The number of benzene rings is 1. The number of ether oxygens (including phenoxy) is 1. The van der Waals surface area contributed by atoms with Crippen LogP contribution in [0.4, 0.5) is 0 Å². The number of carbonyl (C=O) groups is 1. The summed E-state index contributed by atoms with van der Waals surface area (Å²) in [5.41, 5.74) is 1.78. The summed E-state index contributed by atoms with van der Waals surface area (Å²) in [5.74, 6) is 0.648. The number of rotatable bonds is 6. The normalized spacial score (nSPS) is 11.5. The fraction of sp³-hybridized carbons (Fsp3) is 0.333. The number of aromatic nitrogens is 2. The molecule has 6 nitrogen and oxygen atoms in total. The molecule has 1 aromatic carbocycles. The molecule has 0 aliphatic heterocycles. The Morgan fingerprint density at radius 2 is 2.22 bits per heavy atom. The first-order valence-electron chi connectivity index (χ1n) is 6.81. The summed E-state index contributed by atoms with van der Waals surface area (Å²) in [6.07, 6.45) is 3.50. The molecule has 1 aromatic heterocycles. The number of halogens is 2. The van der Waals surface area contributed by atoms with Crippen LogP contribution in [0.25, 0.3) is 0 Å². The van der Waals surface area contributed by atoms with E-state index in [9.17, 15) is 4.79 Å². The number of likely N-dealkylation sites (N-methyl/N-ethyl adjacent to an activating group) is 1. The van der Waals surface area contributed by atoms with Gasteiger partial charge in [-0.2, -0.15) is 5.10 Å². The van der Waals surface area contributed by atoms with E-state index in [4.69, 9.17) is 4.74 Å². The average molecular weight is 404 g/mol. The second-order valence-electron chi connectivity index (χ2n) is 4.84. The molecule has 0 aliphatic carbocycles. The molecule has 1 atom stereocenters. The highest BCUT2D eigenvalue weighted by Gasteiger charge is 2.20. The summed E-state index contributed by atoms with van der Waals surface area (Å²) in [5, 5.41) is 10.0. The molecule has 8 heteroatoms. The first-order chi connectivity index (χ1) is 10.5. The highest BCUT2D eigenvalue weighted by molar-refractivity contribution is 9.10. The quantitative estimate of drug-likeness (QED) is 0.776. The van der Waals surface area contributed by atoms with Crippen molar-refractivity contribution in [2.24, 2.45) is 7.05 Å². The largest absolute Gasteiger partial charge is 0.497 e. The van der Waals surface area contributed by atoms with Crippen molar-refractivity contribution in [3.05, 3.63) is 46.2 Å². The molecule has 0 bridgehead atoms. The smallest absolute Gasteiger partial charge is 0.242 e. The Kier molecular flexibility index (Phi) is 7.54. The molecular weight excluding hydrogens is 384 g/mol. The van der Waals surface area contributed by atoms with E-state index in [1.54, 1.807) is 25.0 Å². The van der Waals surface area contributed by atoms with E-state index in [1.165, 1.54) is 0 Å². The lowest BCUT2D eigenvalue weighted by Gasteiger charge is -2.15. The van der Waals surface area contributed by atoms with Gasteiger partial charge in [0.15, 0.2) is 0 Å². The molecule has 0 spiro atoms. The third kappa shape index (κ3) is 4.95. The van der Waals surface area contributed by atoms with E-state index in [2.05, 4.69) is 31.7 Å². The predicted octanol–water partition coefficient (Wildman–Crippen LogP) is 2.19. The summed E-state index contributed by atoms with van der Waals surface area (Å²) < 4.78 is 7.80. The van der Waals surface area contributed by atoms with Crippen molar-refractivity contribution >= 4 is 34.2 Å². The van der Waals surface area contributed by atoms with E-state index in [-0.39, 0.29) is 18.3 Å². The molecule has 23 heavy (non-hydrogen) atoms. The lowest BCUT2D eigenvalue weighted by molar-refractivity contribution is -0.123. The van der Waals surface area contributed by atoms with Crippen molar-refractivity contribution in [3.8, 4) is 5.75 Å². The zero-order valence-corrected chi connectivity index (χ0v) is 15.6. The van der Waals surface area contributed by atoms with Crippen LogP contribution in [-0.2, 0) is 18.4 Å². The Morgan fingerprint density at radius 3 is 2.78 bits per heavy atom. The SMILES string of the molecule is CNC(C(=O)NCc1cc(OC)ccc1Br)c1cnn(C)c1.Cl. The van der Waals surface area contributed by atoms with Crippen LogP contribution in [0.15, 0.2) is 35.1 Å². The number of carbonyl (C=O) groups excluding carboxylic acids is 1. The summed E-state index contributed by atoms with van der Waals surface area (Å²) in [7, 11) is 5.19. The van der Waals surface area contributed by atoms with Gasteiger partial charge in [0.25, 0.3) is 0 Å². The van der Waals surface area contributed by atoms with Gasteiger partial charge in [-0.05, 0) is 30.8 Å². The minimum absolute atomic E-state index is 0. The Morgan fingerprint density at radius 1 is 1.48 bits per heavy atom. The van der Waals surface area contributed by atoms with E-state index in [1.807, 2.05) is 31.4 Å². The van der Waals surface area contributed by atoms with Crippen LogP contribution in [-0.4, -0.2) is 29.8 Å². The zero-order chi connectivity index (χ0) is 16.1. The van der Waals surface area contributed by atoms with E-state index in [0.717, 1.165) is 21.3 Å². The van der Waals surface area contributed by atoms with Crippen LogP contribution in [0.3, 0.4) is 0 Å². The molecule has 0 saturated heterocycles. The lowest BCUT2D eigenvalue weighted by atomic mass is 10.1. The van der Waals surface area contributed by atoms with Gasteiger partial charge >= 0.3 is 0 Å². The van der Waals surface area contributed by atoms with Crippen molar-refractivity contribution in [1.82, 2.24) is 20.4 Å². The Hall–Kier alpha value is -1.57. The number of aryl methyl sites for hydroxylation is 1. The fourth-order valence-corrected chi connectivity index (χ4v) is 2.52. The minimum Gasteiger partial charge on any atom is -0.497 e. The molecule has 2 N–H and O–H groups in total. The first-order valence-corrected chi connectivity index (χ1v) is 7.60. The van der Waals surface area contributed by atoms with E-state index >= 15 is 0 Å². The van der Waals surface area contributed by atoms with Gasteiger partial charge in [-0.3, -0.25) is 9.48 Å². The molecule has 0 aliphatic rings. The second-order valence-corrected chi connectivity index (χ2v) is 5.70. The Balaban J connectivity index is 0.00000264. The van der Waals surface area contributed by atoms with Crippen LogP contribution in [0.5, 0.6) is 5.75 Å². The summed E-state index contributed by atoms with van der Waals surface area (Å²) in [6, 6.07) is 5.22. The van der Waals surface area contributed by atoms with Crippen LogP contribution in [0.2, 0.25) is 0 Å². The van der Waals surface area contributed by atoms with Crippen LogP contribution in [0, 0.1) is 0 Å². The molecule has 1 heterocycles. The van der Waals surface area contributed by atoms with Crippen LogP contribution in [0.1, 0.15) is 17.2 Å². The Labute approximate surface area is 150 Å². The third-order valence-electron chi connectivity index (χ3n) is 3.31. The van der Waals surface area contributed by atoms with Crippen LogP contribution < -0.4 is 15.4 Å². The van der Waals surface area contributed by atoms with E-state index < -0.39 is 6.04 Å². The molecule has 1 amide bonds. The maximum Gasteiger partial charge on any atom is 0.242 e. The highest BCUT2D eigenvalue weighted by atomic mass is 79.9. The van der Waals surface area contributed by atoms with Gasteiger partial charge in [-0.1, -0.05) is 15.9 Å². The minimum atomic E-state index is -0.432. The second kappa shape index (κ2) is 8.90. The third-order valence-corrected chi connectivity index (χ3v) is 4.09. The van der Waals surface area contributed by atoms with Gasteiger partial charge in [0.2, 0.25) is 5.91 Å². The first kappa shape index (κ1) is 19.5. The van der Waals surface area contributed by atoms with Crippen molar-refractivity contribution in [2.45, 2.75) is 12.6 Å². The van der Waals surface area contributed by atoms with Gasteiger partial charge in [-0.15, -0.1) is 12.4 Å². The molecule has 2 aromatic rings. The maximum absolute atomic E-state index is 12.4. The van der Waals surface area contributed by atoms with Crippen molar-refractivity contribution in [3.63, 3.8) is 0 Å². The maximum atomic E-state index is 12.4. The van der Waals surface area contributed by atoms with Gasteiger partial charge in [-0.25, -0.2) is 0 Å². The monoisotopic (exact) mass is 402 g/mol. The highest BCUT2D eigenvalue weighted by Crippen LogP contribution is 2.22. The van der Waals surface area contributed by atoms with Gasteiger partial charge in [0, 0.05) is 29.8 Å². The summed E-state index contributed by atoms with van der Waals surface area (Å²) >= 11 is 3.48. The fourth-order valence-electron chi connectivity index (χ4n) is 2.14. The number of hydrogen-bond acceptors (Lipinski definition) is 4. The van der Waals surface area contributed by atoms with Crippen molar-refractivity contribution in [2.75, 3.05) is 14.2 Å². The van der Waals surface area contributed by atoms with Crippen LogP contribution >= 0.6 is 28.3 Å². The van der Waals surface area contributed by atoms with E-state index in [0.29, 0.717) is 6.54 Å². The predicted molar refractivity (Wildman–Crippen MR) is 94.8 cm³/mol. The standard InChI is InChI=1S/C15H19BrN4O2.ClH/c1-17-14(11-8-19-20(2)9-11)15(21)18-7-10-6-12(22-3)4-5-13(10)16;/h4-6,8-9,14,17H,7H2,1-3H3,(H,18,21);1H. The molecular formula is C15H20BrClN4O2. The van der Waals surface area contributed by atoms with Gasteiger partial charge in [0.1, 0.15) is 11.8 Å². The number of nitrogens with zero attached hydrogens (tertiary/aromatic N) is 2. The molecule has 2 rings (SSSR count). The lowest BCUT2D eigenvalue weighted by Crippen LogP contribution is -2.35.